The highest BCUT2D eigenvalue weighted by Gasteiger charge is 2.33. The smallest absolute Gasteiger partial charge is 0.248 e. The van der Waals surface area contributed by atoms with Crippen molar-refractivity contribution >= 4 is 27.3 Å². The standard InChI is InChI=1S/C15H20ClNO4S/c1-2-21-11-15(18)17-8-7-14(22(19,20)10-9-17)12-5-3-4-6-13(12)16/h3-6,14H,2,7-11H2,1H3/t14-/m0/s1. The highest BCUT2D eigenvalue weighted by molar-refractivity contribution is 7.91. The third-order valence-electron chi connectivity index (χ3n) is 3.77. The van der Waals surface area contributed by atoms with Crippen LogP contribution in [0.4, 0.5) is 0 Å². The first-order chi connectivity index (χ1) is 10.5. The van der Waals surface area contributed by atoms with E-state index in [1.165, 1.54) is 0 Å². The Bertz CT molecular complexity index is 632. The molecule has 1 aliphatic heterocycles. The molecule has 0 bridgehead atoms. The fraction of sp³-hybridized carbons (Fsp3) is 0.533. The Morgan fingerprint density at radius 1 is 1.36 bits per heavy atom. The van der Waals surface area contributed by atoms with E-state index in [0.29, 0.717) is 30.2 Å². The van der Waals surface area contributed by atoms with Crippen molar-refractivity contribution in [2.75, 3.05) is 32.1 Å². The van der Waals surface area contributed by atoms with Gasteiger partial charge in [0, 0.05) is 24.7 Å². The number of carbonyl (C=O) groups is 1. The number of ether oxygens (including phenoxy) is 1. The van der Waals surface area contributed by atoms with Crippen LogP contribution in [0.25, 0.3) is 0 Å². The molecule has 0 N–H and O–H groups in total. The molecule has 7 heteroatoms. The number of sulfone groups is 1. The molecule has 1 saturated heterocycles. The van der Waals surface area contributed by atoms with Gasteiger partial charge in [0.25, 0.3) is 0 Å². The fourth-order valence-electron chi connectivity index (χ4n) is 2.56. The maximum Gasteiger partial charge on any atom is 0.248 e. The summed E-state index contributed by atoms with van der Waals surface area (Å²) in [6.45, 7) is 2.86. The predicted molar refractivity (Wildman–Crippen MR) is 85.7 cm³/mol. The molecule has 0 aromatic heterocycles. The minimum absolute atomic E-state index is 0.00664. The van der Waals surface area contributed by atoms with Gasteiger partial charge in [0.1, 0.15) is 6.61 Å². The van der Waals surface area contributed by atoms with Crippen molar-refractivity contribution in [2.24, 2.45) is 0 Å². The van der Waals surface area contributed by atoms with Crippen LogP contribution in [0.2, 0.25) is 5.02 Å². The normalized spacial score (nSPS) is 21.4. The highest BCUT2D eigenvalue weighted by atomic mass is 35.5. The lowest BCUT2D eigenvalue weighted by Crippen LogP contribution is -2.36. The summed E-state index contributed by atoms with van der Waals surface area (Å²) in [5.74, 6) is -0.224. The van der Waals surface area contributed by atoms with Gasteiger partial charge >= 0.3 is 0 Å². The number of amides is 1. The van der Waals surface area contributed by atoms with Crippen LogP contribution in [-0.2, 0) is 19.4 Å². The summed E-state index contributed by atoms with van der Waals surface area (Å²) in [6, 6.07) is 6.98. The van der Waals surface area contributed by atoms with E-state index in [2.05, 4.69) is 0 Å². The predicted octanol–water partition coefficient (Wildman–Crippen LogP) is 2.06. The van der Waals surface area contributed by atoms with E-state index in [9.17, 15) is 13.2 Å². The van der Waals surface area contributed by atoms with Crippen LogP contribution in [0.5, 0.6) is 0 Å². The van der Waals surface area contributed by atoms with Crippen molar-refractivity contribution in [3.8, 4) is 0 Å². The molecular weight excluding hydrogens is 326 g/mol. The largest absolute Gasteiger partial charge is 0.372 e. The van der Waals surface area contributed by atoms with Gasteiger partial charge in [-0.15, -0.1) is 0 Å². The lowest BCUT2D eigenvalue weighted by molar-refractivity contribution is -0.135. The summed E-state index contributed by atoms with van der Waals surface area (Å²) in [7, 11) is -3.34. The minimum atomic E-state index is -3.34. The van der Waals surface area contributed by atoms with E-state index >= 15 is 0 Å². The van der Waals surface area contributed by atoms with Crippen molar-refractivity contribution in [1.29, 1.82) is 0 Å². The Morgan fingerprint density at radius 2 is 2.09 bits per heavy atom. The molecule has 5 nitrogen and oxygen atoms in total. The van der Waals surface area contributed by atoms with Crippen LogP contribution in [0, 0.1) is 0 Å². The van der Waals surface area contributed by atoms with E-state index < -0.39 is 15.1 Å². The number of hydrogen-bond acceptors (Lipinski definition) is 4. The number of rotatable bonds is 4. The summed E-state index contributed by atoms with van der Waals surface area (Å²) in [6.07, 6.45) is 0.351. The average Bonchev–Trinajstić information content (AvgIpc) is 2.64. The lowest BCUT2D eigenvalue weighted by Gasteiger charge is -2.20. The van der Waals surface area contributed by atoms with Gasteiger partial charge in [-0.1, -0.05) is 29.8 Å². The van der Waals surface area contributed by atoms with Crippen LogP contribution in [0.3, 0.4) is 0 Å². The second-order valence-corrected chi connectivity index (χ2v) is 7.89. The molecule has 1 heterocycles. The van der Waals surface area contributed by atoms with Crippen LogP contribution >= 0.6 is 11.6 Å². The molecule has 0 aliphatic carbocycles. The molecule has 1 amide bonds. The summed E-state index contributed by atoms with van der Waals surface area (Å²) in [5.41, 5.74) is 0.614. The Hall–Kier alpha value is -1.11. The summed E-state index contributed by atoms with van der Waals surface area (Å²) in [5, 5.41) is -0.212. The molecule has 2 rings (SSSR count). The maximum atomic E-state index is 12.5. The Labute approximate surface area is 136 Å². The molecular formula is C15H20ClNO4S. The van der Waals surface area contributed by atoms with E-state index in [0.717, 1.165) is 0 Å². The third-order valence-corrected chi connectivity index (χ3v) is 6.23. The average molecular weight is 346 g/mol. The van der Waals surface area contributed by atoms with Crippen molar-refractivity contribution < 1.29 is 17.9 Å². The zero-order chi connectivity index (χ0) is 16.2. The molecule has 122 valence electrons. The van der Waals surface area contributed by atoms with E-state index in [-0.39, 0.29) is 24.8 Å². The Morgan fingerprint density at radius 3 is 2.77 bits per heavy atom. The van der Waals surface area contributed by atoms with Gasteiger partial charge in [-0.2, -0.15) is 0 Å². The maximum absolute atomic E-state index is 12.5. The minimum Gasteiger partial charge on any atom is -0.372 e. The number of nitrogens with zero attached hydrogens (tertiary/aromatic N) is 1. The van der Waals surface area contributed by atoms with Crippen LogP contribution in [0.15, 0.2) is 24.3 Å². The molecule has 0 saturated carbocycles. The topological polar surface area (TPSA) is 63.7 Å². The quantitative estimate of drug-likeness (QED) is 0.838. The van der Waals surface area contributed by atoms with Crippen LogP contribution < -0.4 is 0 Å². The van der Waals surface area contributed by atoms with E-state index in [1.807, 2.05) is 6.92 Å². The Balaban J connectivity index is 2.18. The van der Waals surface area contributed by atoms with Crippen molar-refractivity contribution in [2.45, 2.75) is 18.6 Å². The van der Waals surface area contributed by atoms with Gasteiger partial charge < -0.3 is 9.64 Å². The second kappa shape index (κ2) is 7.44. The van der Waals surface area contributed by atoms with Gasteiger partial charge in [0.2, 0.25) is 5.91 Å². The van der Waals surface area contributed by atoms with Gasteiger partial charge in [-0.3, -0.25) is 4.79 Å². The molecule has 0 spiro atoms. The number of carbonyl (C=O) groups excluding carboxylic acids is 1. The number of benzene rings is 1. The second-order valence-electron chi connectivity index (χ2n) is 5.18. The van der Waals surface area contributed by atoms with Gasteiger partial charge in [0.05, 0.1) is 11.0 Å². The van der Waals surface area contributed by atoms with E-state index in [1.54, 1.807) is 29.2 Å². The lowest BCUT2D eigenvalue weighted by atomic mass is 10.1. The fourth-order valence-corrected chi connectivity index (χ4v) is 4.71. The summed E-state index contributed by atoms with van der Waals surface area (Å²) in [4.78, 5) is 13.6. The molecule has 1 aromatic rings. The molecule has 1 atom stereocenters. The summed E-state index contributed by atoms with van der Waals surface area (Å²) < 4.78 is 30.1. The van der Waals surface area contributed by atoms with Crippen molar-refractivity contribution in [3.63, 3.8) is 0 Å². The molecule has 0 radical (unpaired) electrons. The molecule has 0 unspecified atom stereocenters. The highest BCUT2D eigenvalue weighted by Crippen LogP contribution is 2.33. The van der Waals surface area contributed by atoms with Gasteiger partial charge in [0.15, 0.2) is 9.84 Å². The SMILES string of the molecule is CCOCC(=O)N1CC[C@@H](c2ccccc2Cl)S(=O)(=O)CC1. The van der Waals surface area contributed by atoms with Crippen molar-refractivity contribution in [1.82, 2.24) is 4.90 Å². The molecule has 1 aliphatic rings. The molecule has 22 heavy (non-hydrogen) atoms. The van der Waals surface area contributed by atoms with Gasteiger partial charge in [-0.05, 0) is 25.0 Å². The third kappa shape index (κ3) is 4.00. The summed E-state index contributed by atoms with van der Waals surface area (Å²) >= 11 is 6.14. The Kier molecular flexibility index (Phi) is 5.83. The first-order valence-electron chi connectivity index (χ1n) is 7.27. The molecule has 1 fully saturated rings. The van der Waals surface area contributed by atoms with Crippen molar-refractivity contribution in [3.05, 3.63) is 34.9 Å². The van der Waals surface area contributed by atoms with Gasteiger partial charge in [-0.25, -0.2) is 8.42 Å². The van der Waals surface area contributed by atoms with E-state index in [4.69, 9.17) is 16.3 Å². The van der Waals surface area contributed by atoms with Crippen LogP contribution in [0.1, 0.15) is 24.2 Å². The number of halogens is 1. The number of hydrogen-bond donors (Lipinski definition) is 0. The monoisotopic (exact) mass is 345 g/mol. The zero-order valence-corrected chi connectivity index (χ0v) is 14.1. The first-order valence-corrected chi connectivity index (χ1v) is 9.36. The first kappa shape index (κ1) is 17.2. The molecule has 1 aromatic carbocycles. The van der Waals surface area contributed by atoms with Crippen LogP contribution in [-0.4, -0.2) is 51.3 Å². The zero-order valence-electron chi connectivity index (χ0n) is 12.5.